The summed E-state index contributed by atoms with van der Waals surface area (Å²) in [5.41, 5.74) is 0. The average Bonchev–Trinajstić information content (AvgIpc) is 2.96. The van der Waals surface area contributed by atoms with Crippen LogP contribution in [0.25, 0.3) is 0 Å². The van der Waals surface area contributed by atoms with Crippen molar-refractivity contribution in [2.75, 3.05) is 31.5 Å². The highest BCUT2D eigenvalue weighted by molar-refractivity contribution is 5.74. The Balaban J connectivity index is 1.34. The molecule has 0 radical (unpaired) electrons. The fourth-order valence-corrected chi connectivity index (χ4v) is 3.38. The van der Waals surface area contributed by atoms with Gasteiger partial charge in [-0.3, -0.25) is 4.90 Å². The molecule has 2 atom stereocenters. The number of piperidine rings is 1. The predicted molar refractivity (Wildman–Crippen MR) is 84.7 cm³/mol. The minimum atomic E-state index is -0.0757. The van der Waals surface area contributed by atoms with Crippen LogP contribution in [-0.4, -0.2) is 59.2 Å². The molecule has 2 aliphatic heterocycles. The Morgan fingerprint density at radius 1 is 1.18 bits per heavy atom. The van der Waals surface area contributed by atoms with Gasteiger partial charge in [-0.2, -0.15) is 0 Å². The first-order valence-corrected chi connectivity index (χ1v) is 8.12. The third-order valence-corrected chi connectivity index (χ3v) is 4.43. The molecule has 120 valence electrons. The molecule has 3 heterocycles. The Bertz CT molecular complexity index is 482. The van der Waals surface area contributed by atoms with Gasteiger partial charge in [0.1, 0.15) is 0 Å². The van der Waals surface area contributed by atoms with E-state index in [1.54, 1.807) is 18.5 Å². The van der Waals surface area contributed by atoms with Gasteiger partial charge in [0.25, 0.3) is 0 Å². The Kier molecular flexibility index (Phi) is 5.05. The van der Waals surface area contributed by atoms with Gasteiger partial charge in [0, 0.05) is 44.1 Å². The zero-order chi connectivity index (χ0) is 15.2. The molecule has 3 rings (SSSR count). The van der Waals surface area contributed by atoms with Crippen molar-refractivity contribution in [3.63, 3.8) is 0 Å². The number of nitrogens with zero attached hydrogens (tertiary/aromatic N) is 3. The molecule has 2 amide bonds. The van der Waals surface area contributed by atoms with Crippen LogP contribution in [0.4, 0.5) is 10.7 Å². The van der Waals surface area contributed by atoms with Gasteiger partial charge in [0.05, 0.1) is 0 Å². The van der Waals surface area contributed by atoms with Gasteiger partial charge in [0.2, 0.25) is 5.95 Å². The van der Waals surface area contributed by atoms with Crippen molar-refractivity contribution in [3.8, 4) is 0 Å². The topological polar surface area (TPSA) is 82.2 Å². The van der Waals surface area contributed by atoms with Crippen LogP contribution in [0, 0.1) is 0 Å². The van der Waals surface area contributed by atoms with Crippen LogP contribution < -0.4 is 16.0 Å². The van der Waals surface area contributed by atoms with Crippen molar-refractivity contribution < 1.29 is 4.79 Å². The second kappa shape index (κ2) is 7.40. The monoisotopic (exact) mass is 304 g/mol. The molecular weight excluding hydrogens is 280 g/mol. The van der Waals surface area contributed by atoms with Crippen LogP contribution in [-0.2, 0) is 0 Å². The highest BCUT2D eigenvalue weighted by Gasteiger charge is 2.36. The molecule has 22 heavy (non-hydrogen) atoms. The molecule has 0 spiro atoms. The van der Waals surface area contributed by atoms with E-state index in [1.807, 2.05) is 0 Å². The second-order valence-electron chi connectivity index (χ2n) is 5.89. The maximum atomic E-state index is 12.0. The van der Waals surface area contributed by atoms with Gasteiger partial charge in [-0.25, -0.2) is 14.8 Å². The molecule has 0 unspecified atom stereocenters. The quantitative estimate of drug-likeness (QED) is 0.702. The summed E-state index contributed by atoms with van der Waals surface area (Å²) in [6, 6.07) is 2.53. The standard InChI is InChI=1S/C15H24N6O/c22-15(19-9-8-18-14-16-6-3-7-17-14)20-12-5-11-21-10-2-1-4-13(12)21/h3,6-7,12-13H,1-2,4-5,8-11H2,(H,16,17,18)(H2,19,20,22)/t12-,13-/m0/s1. The van der Waals surface area contributed by atoms with Gasteiger partial charge in [-0.1, -0.05) is 6.42 Å². The molecule has 1 aromatic heterocycles. The number of anilines is 1. The normalized spacial score (nSPS) is 24.5. The molecule has 1 aromatic rings. The molecule has 2 aliphatic rings. The molecule has 2 saturated heterocycles. The van der Waals surface area contributed by atoms with Crippen molar-refractivity contribution >= 4 is 12.0 Å². The third-order valence-electron chi connectivity index (χ3n) is 4.43. The Morgan fingerprint density at radius 2 is 2.05 bits per heavy atom. The first-order valence-electron chi connectivity index (χ1n) is 8.12. The summed E-state index contributed by atoms with van der Waals surface area (Å²) in [5.74, 6) is 0.582. The Hall–Kier alpha value is -1.89. The summed E-state index contributed by atoms with van der Waals surface area (Å²) in [7, 11) is 0. The van der Waals surface area contributed by atoms with Gasteiger partial charge >= 0.3 is 6.03 Å². The lowest BCUT2D eigenvalue weighted by atomic mass is 9.99. The summed E-state index contributed by atoms with van der Waals surface area (Å²) >= 11 is 0. The van der Waals surface area contributed by atoms with E-state index in [2.05, 4.69) is 30.8 Å². The molecule has 0 saturated carbocycles. The minimum absolute atomic E-state index is 0.0757. The molecule has 7 heteroatoms. The van der Waals surface area contributed by atoms with Crippen molar-refractivity contribution in [2.45, 2.75) is 37.8 Å². The fourth-order valence-electron chi connectivity index (χ4n) is 3.38. The zero-order valence-corrected chi connectivity index (χ0v) is 12.8. The first kappa shape index (κ1) is 15.0. The SMILES string of the molecule is O=C(NCCNc1ncccn1)N[C@H]1CCN2CCCC[C@@H]12. The summed E-state index contributed by atoms with van der Waals surface area (Å²) in [5, 5.41) is 9.08. The van der Waals surface area contributed by atoms with Crippen molar-refractivity contribution in [1.82, 2.24) is 25.5 Å². The molecule has 3 N–H and O–H groups in total. The van der Waals surface area contributed by atoms with E-state index in [1.165, 1.54) is 25.8 Å². The summed E-state index contributed by atoms with van der Waals surface area (Å²) < 4.78 is 0. The molecule has 2 fully saturated rings. The summed E-state index contributed by atoms with van der Waals surface area (Å²) in [6.45, 7) is 3.46. The van der Waals surface area contributed by atoms with E-state index in [9.17, 15) is 4.79 Å². The zero-order valence-electron chi connectivity index (χ0n) is 12.8. The third kappa shape index (κ3) is 3.85. The van der Waals surface area contributed by atoms with Crippen molar-refractivity contribution in [1.29, 1.82) is 0 Å². The van der Waals surface area contributed by atoms with Crippen LogP contribution in [0.3, 0.4) is 0 Å². The number of carbonyl (C=O) groups excluding carboxylic acids is 1. The van der Waals surface area contributed by atoms with Crippen molar-refractivity contribution in [2.24, 2.45) is 0 Å². The van der Waals surface area contributed by atoms with E-state index in [0.29, 0.717) is 31.1 Å². The summed E-state index contributed by atoms with van der Waals surface area (Å²) in [6.07, 6.45) is 8.22. The van der Waals surface area contributed by atoms with Gasteiger partial charge in [-0.15, -0.1) is 0 Å². The number of urea groups is 1. The van der Waals surface area contributed by atoms with E-state index in [4.69, 9.17) is 0 Å². The lowest BCUT2D eigenvalue weighted by Crippen LogP contribution is -2.50. The maximum Gasteiger partial charge on any atom is 0.315 e. The van der Waals surface area contributed by atoms with Crippen molar-refractivity contribution in [3.05, 3.63) is 18.5 Å². The van der Waals surface area contributed by atoms with Crippen LogP contribution >= 0.6 is 0 Å². The number of fused-ring (bicyclic) bond motifs is 1. The number of rotatable bonds is 5. The number of hydrogen-bond donors (Lipinski definition) is 3. The molecule has 7 nitrogen and oxygen atoms in total. The lowest BCUT2D eigenvalue weighted by Gasteiger charge is -2.32. The van der Waals surface area contributed by atoms with E-state index in [-0.39, 0.29) is 6.03 Å². The average molecular weight is 304 g/mol. The smallest absolute Gasteiger partial charge is 0.315 e. The maximum absolute atomic E-state index is 12.0. The second-order valence-corrected chi connectivity index (χ2v) is 5.89. The number of nitrogens with one attached hydrogen (secondary N) is 3. The van der Waals surface area contributed by atoms with Gasteiger partial charge in [0.15, 0.2) is 0 Å². The largest absolute Gasteiger partial charge is 0.352 e. The molecule has 0 aromatic carbocycles. The molecule has 0 aliphatic carbocycles. The number of aromatic nitrogens is 2. The molecule has 0 bridgehead atoms. The lowest BCUT2D eigenvalue weighted by molar-refractivity contribution is 0.179. The summed E-state index contributed by atoms with van der Waals surface area (Å²) in [4.78, 5) is 22.6. The van der Waals surface area contributed by atoms with Crippen LogP contribution in [0.2, 0.25) is 0 Å². The van der Waals surface area contributed by atoms with E-state index >= 15 is 0 Å². The number of amides is 2. The highest BCUT2D eigenvalue weighted by atomic mass is 16.2. The highest BCUT2D eigenvalue weighted by Crippen LogP contribution is 2.26. The van der Waals surface area contributed by atoms with E-state index in [0.717, 1.165) is 13.0 Å². The van der Waals surface area contributed by atoms with Gasteiger partial charge < -0.3 is 16.0 Å². The Labute approximate surface area is 130 Å². The van der Waals surface area contributed by atoms with Gasteiger partial charge in [-0.05, 0) is 31.9 Å². The van der Waals surface area contributed by atoms with E-state index < -0.39 is 0 Å². The first-order chi connectivity index (χ1) is 10.8. The predicted octanol–water partition coefficient (Wildman–Crippen LogP) is 0.814. The molecular formula is C15H24N6O. The van der Waals surface area contributed by atoms with Crippen LogP contribution in [0.15, 0.2) is 18.5 Å². The number of hydrogen-bond acceptors (Lipinski definition) is 5. The fraction of sp³-hybridized carbons (Fsp3) is 0.667. The minimum Gasteiger partial charge on any atom is -0.352 e. The van der Waals surface area contributed by atoms with Crippen LogP contribution in [0.5, 0.6) is 0 Å². The Morgan fingerprint density at radius 3 is 2.91 bits per heavy atom. The number of carbonyl (C=O) groups is 1. The van der Waals surface area contributed by atoms with Crippen LogP contribution in [0.1, 0.15) is 25.7 Å².